The first-order chi connectivity index (χ1) is 12.1. The first-order valence-corrected chi connectivity index (χ1v) is 8.32. The van der Waals surface area contributed by atoms with Crippen molar-refractivity contribution < 1.29 is 9.72 Å². The maximum atomic E-state index is 12.3. The lowest BCUT2D eigenvalue weighted by atomic mass is 9.96. The van der Waals surface area contributed by atoms with Crippen molar-refractivity contribution in [3.63, 3.8) is 0 Å². The molecular formula is C18H20N4O3. The number of amides is 1. The lowest BCUT2D eigenvalue weighted by Crippen LogP contribution is -2.38. The molecule has 1 N–H and O–H groups in total. The third kappa shape index (κ3) is 4.12. The van der Waals surface area contributed by atoms with E-state index in [0.717, 1.165) is 31.6 Å². The number of nitro groups is 1. The van der Waals surface area contributed by atoms with Crippen LogP contribution in [-0.4, -0.2) is 35.4 Å². The van der Waals surface area contributed by atoms with Crippen molar-refractivity contribution in [2.24, 2.45) is 5.92 Å². The number of pyridine rings is 1. The Morgan fingerprint density at radius 1 is 1.24 bits per heavy atom. The molecule has 7 heteroatoms. The van der Waals surface area contributed by atoms with E-state index < -0.39 is 4.92 Å². The summed E-state index contributed by atoms with van der Waals surface area (Å²) in [5.41, 5.74) is 1.07. The second-order valence-electron chi connectivity index (χ2n) is 6.13. The van der Waals surface area contributed by atoms with Gasteiger partial charge < -0.3 is 10.2 Å². The number of rotatable bonds is 5. The van der Waals surface area contributed by atoms with Crippen LogP contribution in [0.1, 0.15) is 23.2 Å². The number of hydrogen-bond donors (Lipinski definition) is 1. The molecule has 1 fully saturated rings. The van der Waals surface area contributed by atoms with E-state index in [1.54, 1.807) is 18.3 Å². The molecule has 1 aliphatic rings. The first kappa shape index (κ1) is 16.9. The maximum Gasteiger partial charge on any atom is 0.282 e. The predicted octanol–water partition coefficient (Wildman–Crippen LogP) is 2.64. The molecule has 0 bridgehead atoms. The Morgan fingerprint density at radius 3 is 2.68 bits per heavy atom. The van der Waals surface area contributed by atoms with Crippen molar-refractivity contribution in [3.05, 3.63) is 64.5 Å². The summed E-state index contributed by atoms with van der Waals surface area (Å²) in [5.74, 6) is -0.0124. The minimum atomic E-state index is -0.526. The van der Waals surface area contributed by atoms with Crippen LogP contribution in [0, 0.1) is 16.0 Å². The van der Waals surface area contributed by atoms with Crippen LogP contribution in [0.5, 0.6) is 0 Å². The van der Waals surface area contributed by atoms with Gasteiger partial charge in [-0.1, -0.05) is 12.1 Å². The molecule has 25 heavy (non-hydrogen) atoms. The number of aromatic nitrogens is 1. The van der Waals surface area contributed by atoms with Gasteiger partial charge in [-0.25, -0.2) is 0 Å². The summed E-state index contributed by atoms with van der Waals surface area (Å²) in [5, 5.41) is 13.9. The molecule has 1 aromatic heterocycles. The average Bonchev–Trinajstić information content (AvgIpc) is 2.67. The maximum absolute atomic E-state index is 12.3. The van der Waals surface area contributed by atoms with Crippen LogP contribution in [0.15, 0.2) is 48.8 Å². The Hall–Kier alpha value is -2.96. The van der Waals surface area contributed by atoms with Gasteiger partial charge in [0.1, 0.15) is 5.56 Å². The molecule has 3 rings (SSSR count). The highest BCUT2D eigenvalue weighted by Gasteiger charge is 2.22. The first-order valence-electron chi connectivity index (χ1n) is 8.32. The normalized spacial score (nSPS) is 15.0. The van der Waals surface area contributed by atoms with Gasteiger partial charge in [0.15, 0.2) is 0 Å². The molecule has 0 aliphatic carbocycles. The SMILES string of the molecule is O=C(NCC1CCN(c2cccnc2)CC1)c1ccccc1[N+](=O)[O-]. The zero-order valence-corrected chi connectivity index (χ0v) is 13.8. The number of nitrogens with one attached hydrogen (secondary N) is 1. The summed E-state index contributed by atoms with van der Waals surface area (Å²) < 4.78 is 0. The van der Waals surface area contributed by atoms with Gasteiger partial charge in [-0.2, -0.15) is 0 Å². The predicted molar refractivity (Wildman–Crippen MR) is 94.6 cm³/mol. The quantitative estimate of drug-likeness (QED) is 0.668. The van der Waals surface area contributed by atoms with Gasteiger partial charge in [-0.05, 0) is 37.0 Å². The van der Waals surface area contributed by atoms with Crippen LogP contribution in [0.25, 0.3) is 0 Å². The summed E-state index contributed by atoms with van der Waals surface area (Å²) in [4.78, 5) is 29.2. The van der Waals surface area contributed by atoms with Crippen LogP contribution in [0.3, 0.4) is 0 Å². The van der Waals surface area contributed by atoms with Crippen LogP contribution in [-0.2, 0) is 0 Å². The molecule has 0 spiro atoms. The minimum absolute atomic E-state index is 0.111. The molecule has 2 aromatic rings. The molecule has 1 aliphatic heterocycles. The van der Waals surface area contributed by atoms with Crippen molar-refractivity contribution in [1.82, 2.24) is 10.3 Å². The van der Waals surface area contributed by atoms with Crippen molar-refractivity contribution in [2.45, 2.75) is 12.8 Å². The highest BCUT2D eigenvalue weighted by molar-refractivity contribution is 5.98. The standard InChI is InChI=1S/C18H20N4O3/c23-18(16-5-1-2-6-17(16)22(24)25)20-12-14-7-10-21(11-8-14)15-4-3-9-19-13-15/h1-6,9,13-14H,7-8,10-12H2,(H,20,23). The van der Waals surface area contributed by atoms with E-state index in [4.69, 9.17) is 0 Å². The van der Waals surface area contributed by atoms with E-state index in [2.05, 4.69) is 15.2 Å². The van der Waals surface area contributed by atoms with Gasteiger partial charge in [-0.3, -0.25) is 19.9 Å². The molecule has 1 saturated heterocycles. The fraction of sp³-hybridized carbons (Fsp3) is 0.333. The summed E-state index contributed by atoms with van der Waals surface area (Å²) in [7, 11) is 0. The smallest absolute Gasteiger partial charge is 0.282 e. The van der Waals surface area contributed by atoms with Gasteiger partial charge in [0.2, 0.25) is 0 Å². The molecule has 0 radical (unpaired) electrons. The van der Waals surface area contributed by atoms with Crippen molar-refractivity contribution in [1.29, 1.82) is 0 Å². The van der Waals surface area contributed by atoms with Crippen molar-refractivity contribution in [3.8, 4) is 0 Å². The van der Waals surface area contributed by atoms with E-state index in [9.17, 15) is 14.9 Å². The summed E-state index contributed by atoms with van der Waals surface area (Å²) in [6.45, 7) is 2.36. The molecule has 0 unspecified atom stereocenters. The number of nitro benzene ring substituents is 1. The van der Waals surface area contributed by atoms with Gasteiger partial charge in [0.25, 0.3) is 11.6 Å². The lowest BCUT2D eigenvalue weighted by Gasteiger charge is -2.33. The molecule has 0 atom stereocenters. The third-order valence-corrected chi connectivity index (χ3v) is 4.52. The number of para-hydroxylation sites is 1. The Bertz CT molecular complexity index is 743. The monoisotopic (exact) mass is 340 g/mol. The highest BCUT2D eigenvalue weighted by atomic mass is 16.6. The largest absolute Gasteiger partial charge is 0.370 e. The zero-order chi connectivity index (χ0) is 17.6. The van der Waals surface area contributed by atoms with Crippen LogP contribution >= 0.6 is 0 Å². The number of benzene rings is 1. The molecule has 0 saturated carbocycles. The molecule has 130 valence electrons. The van der Waals surface area contributed by atoms with E-state index in [-0.39, 0.29) is 17.2 Å². The van der Waals surface area contributed by atoms with E-state index >= 15 is 0 Å². The van der Waals surface area contributed by atoms with Crippen molar-refractivity contribution in [2.75, 3.05) is 24.5 Å². The Labute approximate surface area is 145 Å². The Morgan fingerprint density at radius 2 is 2.00 bits per heavy atom. The number of piperidine rings is 1. The van der Waals surface area contributed by atoms with Crippen molar-refractivity contribution >= 4 is 17.3 Å². The van der Waals surface area contributed by atoms with Crippen LogP contribution in [0.2, 0.25) is 0 Å². The second-order valence-corrected chi connectivity index (χ2v) is 6.13. The zero-order valence-electron chi connectivity index (χ0n) is 13.8. The summed E-state index contributed by atoms with van der Waals surface area (Å²) in [6.07, 6.45) is 5.54. The van der Waals surface area contributed by atoms with E-state index in [0.29, 0.717) is 12.5 Å². The topological polar surface area (TPSA) is 88.4 Å². The fourth-order valence-electron chi connectivity index (χ4n) is 3.09. The van der Waals surface area contributed by atoms with Crippen LogP contribution < -0.4 is 10.2 Å². The fourth-order valence-corrected chi connectivity index (χ4v) is 3.09. The highest BCUT2D eigenvalue weighted by Crippen LogP contribution is 2.22. The molecule has 2 heterocycles. The van der Waals surface area contributed by atoms with E-state index in [1.807, 2.05) is 18.3 Å². The Kier molecular flexibility index (Phi) is 5.23. The number of carbonyl (C=O) groups excluding carboxylic acids is 1. The van der Waals surface area contributed by atoms with E-state index in [1.165, 1.54) is 12.1 Å². The number of carbonyl (C=O) groups is 1. The minimum Gasteiger partial charge on any atom is -0.370 e. The average molecular weight is 340 g/mol. The molecular weight excluding hydrogens is 320 g/mol. The number of nitrogens with zero attached hydrogens (tertiary/aromatic N) is 3. The molecule has 7 nitrogen and oxygen atoms in total. The van der Waals surface area contributed by atoms with Gasteiger partial charge in [0, 0.05) is 31.9 Å². The summed E-state index contributed by atoms with van der Waals surface area (Å²) >= 11 is 0. The van der Waals surface area contributed by atoms with Gasteiger partial charge in [-0.15, -0.1) is 0 Å². The lowest BCUT2D eigenvalue weighted by molar-refractivity contribution is -0.385. The number of hydrogen-bond acceptors (Lipinski definition) is 5. The molecule has 1 amide bonds. The van der Waals surface area contributed by atoms with Crippen LogP contribution in [0.4, 0.5) is 11.4 Å². The van der Waals surface area contributed by atoms with Gasteiger partial charge >= 0.3 is 0 Å². The second kappa shape index (κ2) is 7.74. The summed E-state index contributed by atoms with van der Waals surface area (Å²) in [6, 6.07) is 10.00. The Balaban J connectivity index is 1.52. The van der Waals surface area contributed by atoms with Gasteiger partial charge in [0.05, 0.1) is 16.8 Å². The third-order valence-electron chi connectivity index (χ3n) is 4.52. The molecule has 1 aromatic carbocycles. The number of anilines is 1.